The number of β-amino-alcohol motifs (C(OH)–C–C–N with tert-alkyl or cyclic N) is 1. The van der Waals surface area contributed by atoms with E-state index in [2.05, 4.69) is 59.6 Å². The predicted octanol–water partition coefficient (Wildman–Crippen LogP) is 6.62. The van der Waals surface area contributed by atoms with Crippen LogP contribution in [0.3, 0.4) is 0 Å². The second-order valence-corrected chi connectivity index (χ2v) is 22.4. The number of aryl methyl sites for hydroxylation is 1. The van der Waals surface area contributed by atoms with Crippen LogP contribution >= 0.6 is 22.9 Å². The average molecular weight is 996 g/mol. The van der Waals surface area contributed by atoms with Crippen LogP contribution in [0.4, 0.5) is 0 Å². The van der Waals surface area contributed by atoms with Gasteiger partial charge in [0.25, 0.3) is 5.91 Å². The third-order valence-corrected chi connectivity index (χ3v) is 15.5. The van der Waals surface area contributed by atoms with Gasteiger partial charge < -0.3 is 35.0 Å². The molecule has 4 N–H and O–H groups in total. The van der Waals surface area contributed by atoms with Crippen LogP contribution in [-0.4, -0.2) is 131 Å². The van der Waals surface area contributed by atoms with Gasteiger partial charge in [0, 0.05) is 74.2 Å². The third-order valence-electron chi connectivity index (χ3n) is 14.2. The molecule has 3 aliphatic rings. The summed E-state index contributed by atoms with van der Waals surface area (Å²) in [6.45, 7) is 21.3. The van der Waals surface area contributed by atoms with E-state index in [1.54, 1.807) is 58.7 Å². The number of carbonyl (C=O) groups excluding carboxylic acids is 4. The van der Waals surface area contributed by atoms with Crippen molar-refractivity contribution in [2.45, 2.75) is 105 Å². The third kappa shape index (κ3) is 11.6. The van der Waals surface area contributed by atoms with Crippen LogP contribution in [0.1, 0.15) is 95.0 Å². The summed E-state index contributed by atoms with van der Waals surface area (Å²) in [7, 11) is 0. The summed E-state index contributed by atoms with van der Waals surface area (Å²) in [6, 6.07) is 20.0. The lowest BCUT2D eigenvalue weighted by atomic mass is 9.49. The van der Waals surface area contributed by atoms with E-state index in [4.69, 9.17) is 21.1 Å². The molecule has 3 fully saturated rings. The Balaban J connectivity index is 0.833. The number of halogens is 1. The highest BCUT2D eigenvalue weighted by atomic mass is 35.5. The number of ether oxygens (including phenoxy) is 2. The minimum atomic E-state index is -0.854. The van der Waals surface area contributed by atoms with E-state index < -0.39 is 34.4 Å². The van der Waals surface area contributed by atoms with Crippen LogP contribution in [-0.2, 0) is 14.4 Å². The molecule has 0 bridgehead atoms. The molecule has 0 unspecified atom stereocenters. The Kier molecular flexibility index (Phi) is 16.0. The normalized spacial score (nSPS) is 21.7. The van der Waals surface area contributed by atoms with Crippen LogP contribution in [0.25, 0.3) is 10.4 Å². The lowest BCUT2D eigenvalue weighted by molar-refractivity contribution is -0.164. The molecule has 2 aliphatic heterocycles. The van der Waals surface area contributed by atoms with Crippen LogP contribution in [0.2, 0.25) is 5.02 Å². The number of nitrogens with zero attached hydrogens (tertiary/aromatic N) is 5. The Bertz CT molecular complexity index is 2550. The zero-order valence-corrected chi connectivity index (χ0v) is 43.2. The smallest absolute Gasteiger partial charge is 0.251 e. The highest BCUT2D eigenvalue weighted by molar-refractivity contribution is 7.13. The highest BCUT2D eigenvalue weighted by Gasteiger charge is 2.64. The summed E-state index contributed by atoms with van der Waals surface area (Å²) in [4.78, 5) is 65.9. The van der Waals surface area contributed by atoms with Crippen molar-refractivity contribution in [1.82, 2.24) is 35.6 Å². The molecule has 4 atom stereocenters. The van der Waals surface area contributed by atoms with Crippen molar-refractivity contribution in [2.24, 2.45) is 16.2 Å². The first-order valence-electron chi connectivity index (χ1n) is 24.0. The molecule has 7 rings (SSSR count). The van der Waals surface area contributed by atoms with Gasteiger partial charge in [-0.15, -0.1) is 11.3 Å². The van der Waals surface area contributed by atoms with Crippen LogP contribution in [0, 0.1) is 34.5 Å². The van der Waals surface area contributed by atoms with Crippen LogP contribution in [0.15, 0.2) is 72.2 Å². The molecule has 2 saturated heterocycles. The first-order valence-corrected chi connectivity index (χ1v) is 25.3. The van der Waals surface area contributed by atoms with E-state index >= 15 is 0 Å². The Morgan fingerprint density at radius 3 is 2.23 bits per heavy atom. The van der Waals surface area contributed by atoms with Crippen LogP contribution in [0.5, 0.6) is 11.5 Å². The van der Waals surface area contributed by atoms with Gasteiger partial charge in [-0.1, -0.05) is 84.3 Å². The van der Waals surface area contributed by atoms with E-state index in [9.17, 15) is 29.5 Å². The number of nitriles is 1. The van der Waals surface area contributed by atoms with E-state index in [0.717, 1.165) is 21.7 Å². The molecule has 17 heteroatoms. The number of benzene rings is 3. The van der Waals surface area contributed by atoms with Gasteiger partial charge in [0.2, 0.25) is 17.7 Å². The Morgan fingerprint density at radius 2 is 1.63 bits per heavy atom. The number of nitrogens with one attached hydrogen (secondary N) is 3. The zero-order valence-electron chi connectivity index (χ0n) is 41.7. The maximum absolute atomic E-state index is 14.2. The second-order valence-electron chi connectivity index (χ2n) is 21.1. The Morgan fingerprint density at radius 1 is 0.971 bits per heavy atom. The van der Waals surface area contributed by atoms with Crippen molar-refractivity contribution in [3.63, 3.8) is 0 Å². The number of aliphatic hydroxyl groups excluding tert-OH is 1. The topological polar surface area (TPSA) is 189 Å². The summed E-state index contributed by atoms with van der Waals surface area (Å²) in [5.74, 6) is 0.254. The standard InChI is InChI=1S/C53H67ClN8O7S/c1-32(34-10-12-35(13-11-34)44-33(2)57-31-70-44)58-47(66)42-26-38(63)30-62(42)48(67)45(51(3,4)5)56-29-43(64)61-22-20-60(21-23-61)24-25-68-39-17-14-36(15-18-39)46(65)59-49-52(6,7)50(53(49,8)9)69-40-19-16-37(28-55)41(54)27-40/h10-19,27,31-32,38,42,45,49-50,56,63H,20-26,29-30H2,1-9H3,(H,58,66)(H,59,65)/t32-,38+,42-,45+,49-,50-/m0/s1. The fourth-order valence-corrected chi connectivity index (χ4v) is 11.5. The van der Waals surface area contributed by atoms with Gasteiger partial charge in [0.15, 0.2) is 0 Å². The van der Waals surface area contributed by atoms with Crippen molar-refractivity contribution in [1.29, 1.82) is 5.26 Å². The number of carbonyl (C=O) groups is 4. The van der Waals surface area contributed by atoms with Gasteiger partial charge in [-0.05, 0) is 66.8 Å². The summed E-state index contributed by atoms with van der Waals surface area (Å²) >= 11 is 7.83. The number of piperazine rings is 1. The van der Waals surface area contributed by atoms with Crippen molar-refractivity contribution in [2.75, 3.05) is 52.4 Å². The molecular formula is C53H67ClN8O7S. The van der Waals surface area contributed by atoms with Crippen LogP contribution < -0.4 is 25.4 Å². The minimum absolute atomic E-state index is 0.0283. The lowest BCUT2D eigenvalue weighted by Gasteiger charge is -2.63. The first-order chi connectivity index (χ1) is 33.1. The summed E-state index contributed by atoms with van der Waals surface area (Å²) in [5, 5.41) is 29.8. The fraction of sp³-hybridized carbons (Fsp3) is 0.509. The molecule has 1 aromatic heterocycles. The van der Waals surface area contributed by atoms with Gasteiger partial charge in [-0.25, -0.2) is 4.98 Å². The van der Waals surface area contributed by atoms with Gasteiger partial charge in [-0.2, -0.15) is 5.26 Å². The number of hydrogen-bond donors (Lipinski definition) is 4. The molecule has 374 valence electrons. The second kappa shape index (κ2) is 21.4. The van der Waals surface area contributed by atoms with E-state index in [1.807, 2.05) is 64.4 Å². The fourth-order valence-electron chi connectivity index (χ4n) is 10.5. The van der Waals surface area contributed by atoms with E-state index in [0.29, 0.717) is 67.0 Å². The predicted molar refractivity (Wildman–Crippen MR) is 271 cm³/mol. The maximum Gasteiger partial charge on any atom is 0.251 e. The zero-order chi connectivity index (χ0) is 50.7. The molecule has 1 aliphatic carbocycles. The maximum atomic E-state index is 14.2. The molecule has 70 heavy (non-hydrogen) atoms. The molecule has 4 amide bonds. The molecule has 3 heterocycles. The van der Waals surface area contributed by atoms with E-state index in [-0.39, 0.29) is 61.3 Å². The molecule has 1 saturated carbocycles. The van der Waals surface area contributed by atoms with Gasteiger partial charge in [-0.3, -0.25) is 29.4 Å². The first kappa shape index (κ1) is 52.3. The largest absolute Gasteiger partial charge is 0.492 e. The molecule has 0 radical (unpaired) electrons. The number of aromatic nitrogens is 1. The van der Waals surface area contributed by atoms with E-state index in [1.165, 1.54) is 4.90 Å². The molecule has 15 nitrogen and oxygen atoms in total. The lowest BCUT2D eigenvalue weighted by Crippen LogP contribution is -2.74. The number of rotatable bonds is 16. The monoisotopic (exact) mass is 994 g/mol. The molecular weight excluding hydrogens is 928 g/mol. The van der Waals surface area contributed by atoms with Crippen molar-refractivity contribution in [3.8, 4) is 28.0 Å². The van der Waals surface area contributed by atoms with Gasteiger partial charge in [0.05, 0.1) is 51.4 Å². The Labute approximate surface area is 420 Å². The molecule has 3 aromatic carbocycles. The summed E-state index contributed by atoms with van der Waals surface area (Å²) in [5.41, 5.74) is 4.28. The number of amides is 4. The number of aliphatic hydroxyl groups is 1. The quantitative estimate of drug-likeness (QED) is 0.0945. The van der Waals surface area contributed by atoms with Crippen molar-refractivity contribution in [3.05, 3.63) is 99.6 Å². The minimum Gasteiger partial charge on any atom is -0.492 e. The highest BCUT2D eigenvalue weighted by Crippen LogP contribution is 2.55. The average Bonchev–Trinajstić information content (AvgIpc) is 3.94. The molecule has 0 spiro atoms. The van der Waals surface area contributed by atoms with Crippen molar-refractivity contribution < 1.29 is 33.8 Å². The van der Waals surface area contributed by atoms with Crippen molar-refractivity contribution >= 4 is 46.6 Å². The van der Waals surface area contributed by atoms with Gasteiger partial charge >= 0.3 is 0 Å². The number of hydrogen-bond acceptors (Lipinski definition) is 12. The Hall–Kier alpha value is -5.57. The number of thiazole rings is 1. The summed E-state index contributed by atoms with van der Waals surface area (Å²) < 4.78 is 12.4. The molecule has 4 aromatic rings. The SMILES string of the molecule is Cc1ncsc1-c1ccc([C@H](C)NC(=O)[C@@H]2C[C@@H](O)CN2C(=O)[C@@H](NCC(=O)N2CCN(CCOc3ccc(C(=O)N[C@H]4C(C)(C)[C@H](Oc5ccc(C#N)c(Cl)c5)C4(C)C)cc3)CC2)C(C)(C)C)cc1. The summed E-state index contributed by atoms with van der Waals surface area (Å²) in [6.07, 6.45) is -0.936. The van der Waals surface area contributed by atoms with Gasteiger partial charge in [0.1, 0.15) is 36.3 Å². The number of likely N-dealkylation sites (tertiary alicyclic amines) is 1.